The van der Waals surface area contributed by atoms with Crippen LogP contribution in [0.25, 0.3) is 0 Å². The number of halogens is 6. The Morgan fingerprint density at radius 1 is 0.714 bits per heavy atom. The van der Waals surface area contributed by atoms with Gasteiger partial charge in [0.05, 0.1) is 7.11 Å². The number of hydrogen-bond acceptors (Lipinski definition) is 1. The van der Waals surface area contributed by atoms with Crippen LogP contribution in [0.2, 0.25) is 0 Å². The molecule has 2 rings (SSSR count). The SMILES string of the molecule is COc1cc(F)c([B]c2c(F)cc(F)c(F)c2F)c(F)c1. The van der Waals surface area contributed by atoms with Gasteiger partial charge in [-0.25, -0.2) is 26.3 Å². The van der Waals surface area contributed by atoms with Crippen LogP contribution in [0, 0.1) is 34.9 Å². The molecule has 2 aromatic carbocycles. The van der Waals surface area contributed by atoms with Gasteiger partial charge in [-0.1, -0.05) is 0 Å². The average Bonchev–Trinajstić information content (AvgIpc) is 2.43. The molecular weight excluding hydrogens is 297 g/mol. The van der Waals surface area contributed by atoms with Gasteiger partial charge in [-0.3, -0.25) is 0 Å². The van der Waals surface area contributed by atoms with Gasteiger partial charge in [0.2, 0.25) is 7.28 Å². The largest absolute Gasteiger partial charge is 0.497 e. The Morgan fingerprint density at radius 3 is 1.76 bits per heavy atom. The fraction of sp³-hybridized carbons (Fsp3) is 0.0769. The summed E-state index contributed by atoms with van der Waals surface area (Å²) in [6, 6.07) is 1.65. The molecule has 0 atom stereocenters. The number of ether oxygens (including phenoxy) is 1. The topological polar surface area (TPSA) is 9.23 Å². The summed E-state index contributed by atoms with van der Waals surface area (Å²) in [7, 11) is 1.59. The number of methoxy groups -OCH3 is 1. The molecule has 0 spiro atoms. The van der Waals surface area contributed by atoms with Gasteiger partial charge in [0.15, 0.2) is 17.5 Å². The first-order valence-electron chi connectivity index (χ1n) is 5.56. The molecule has 0 saturated carbocycles. The molecule has 1 radical (unpaired) electrons. The molecule has 0 amide bonds. The zero-order valence-corrected chi connectivity index (χ0v) is 10.5. The Balaban J connectivity index is 2.51. The maximum atomic E-state index is 13.7. The summed E-state index contributed by atoms with van der Waals surface area (Å²) in [5.41, 5.74) is -1.89. The van der Waals surface area contributed by atoms with Gasteiger partial charge < -0.3 is 4.74 Å². The highest BCUT2D eigenvalue weighted by atomic mass is 19.2. The van der Waals surface area contributed by atoms with Crippen LogP contribution in [0.5, 0.6) is 5.75 Å². The van der Waals surface area contributed by atoms with Crippen molar-refractivity contribution in [3.8, 4) is 5.75 Å². The van der Waals surface area contributed by atoms with Crippen molar-refractivity contribution in [3.05, 3.63) is 53.1 Å². The van der Waals surface area contributed by atoms with Crippen molar-refractivity contribution in [2.24, 2.45) is 0 Å². The fourth-order valence-corrected chi connectivity index (χ4v) is 1.67. The van der Waals surface area contributed by atoms with E-state index >= 15 is 0 Å². The summed E-state index contributed by atoms with van der Waals surface area (Å²) in [6.45, 7) is 0. The van der Waals surface area contributed by atoms with E-state index in [9.17, 15) is 26.3 Å². The lowest BCUT2D eigenvalue weighted by Crippen LogP contribution is -2.37. The van der Waals surface area contributed by atoms with Crippen molar-refractivity contribution < 1.29 is 31.1 Å². The van der Waals surface area contributed by atoms with Crippen LogP contribution in [0.1, 0.15) is 0 Å². The van der Waals surface area contributed by atoms with Gasteiger partial charge in [0.25, 0.3) is 0 Å². The van der Waals surface area contributed by atoms with Crippen LogP contribution in [-0.4, -0.2) is 14.4 Å². The van der Waals surface area contributed by atoms with E-state index in [1.807, 2.05) is 0 Å². The van der Waals surface area contributed by atoms with Crippen LogP contribution in [0.3, 0.4) is 0 Å². The molecule has 1 nitrogen and oxygen atoms in total. The highest BCUT2D eigenvalue weighted by molar-refractivity contribution is 6.67. The second kappa shape index (κ2) is 5.71. The molecule has 21 heavy (non-hydrogen) atoms. The Hall–Kier alpha value is -2.12. The molecule has 0 fully saturated rings. The smallest absolute Gasteiger partial charge is 0.207 e. The van der Waals surface area contributed by atoms with E-state index in [1.165, 1.54) is 7.11 Å². The zero-order valence-electron chi connectivity index (χ0n) is 10.5. The highest BCUT2D eigenvalue weighted by Gasteiger charge is 2.23. The van der Waals surface area contributed by atoms with Crippen molar-refractivity contribution in [3.63, 3.8) is 0 Å². The molecule has 0 N–H and O–H groups in total. The molecule has 0 aromatic heterocycles. The van der Waals surface area contributed by atoms with Crippen molar-refractivity contribution in [2.75, 3.05) is 7.11 Å². The van der Waals surface area contributed by atoms with Crippen molar-refractivity contribution >= 4 is 18.2 Å². The third-order valence-corrected chi connectivity index (χ3v) is 2.73. The first-order chi connectivity index (χ1) is 9.85. The first-order valence-corrected chi connectivity index (χ1v) is 5.56. The molecule has 0 aliphatic carbocycles. The van der Waals surface area contributed by atoms with Crippen molar-refractivity contribution in [1.82, 2.24) is 0 Å². The van der Waals surface area contributed by atoms with E-state index in [4.69, 9.17) is 0 Å². The molecule has 0 heterocycles. The van der Waals surface area contributed by atoms with Gasteiger partial charge in [-0.15, -0.1) is 0 Å². The number of benzene rings is 2. The molecule has 0 aliphatic rings. The van der Waals surface area contributed by atoms with E-state index in [2.05, 4.69) is 4.74 Å². The number of rotatable bonds is 3. The van der Waals surface area contributed by atoms with Gasteiger partial charge in [0, 0.05) is 18.2 Å². The third kappa shape index (κ3) is 2.84. The van der Waals surface area contributed by atoms with Crippen LogP contribution >= 0.6 is 0 Å². The molecule has 2 aromatic rings. The van der Waals surface area contributed by atoms with E-state index in [-0.39, 0.29) is 11.8 Å². The predicted molar refractivity (Wildman–Crippen MR) is 64.2 cm³/mol. The summed E-state index contributed by atoms with van der Waals surface area (Å²) in [5, 5.41) is 0. The molecule has 8 heteroatoms. The average molecular weight is 303 g/mol. The standard InChI is InChI=1S/C13H6BF6O/c1-21-5-2-6(15)10(7(16)3-5)14-11-8(17)4-9(18)12(19)13(11)20/h2-4H,1H3. The Morgan fingerprint density at radius 2 is 1.24 bits per heavy atom. The Labute approximate surface area is 116 Å². The monoisotopic (exact) mass is 303 g/mol. The second-order valence-corrected chi connectivity index (χ2v) is 4.03. The van der Waals surface area contributed by atoms with Crippen molar-refractivity contribution in [2.45, 2.75) is 0 Å². The van der Waals surface area contributed by atoms with E-state index in [0.717, 1.165) is 12.1 Å². The zero-order chi connectivity index (χ0) is 15.7. The Kier molecular flexibility index (Phi) is 4.15. The minimum atomic E-state index is -1.93. The molecule has 0 aliphatic heterocycles. The Bertz CT molecular complexity index is 681. The van der Waals surface area contributed by atoms with Gasteiger partial charge in [-0.05, 0) is 10.9 Å². The van der Waals surface area contributed by atoms with Crippen LogP contribution in [-0.2, 0) is 0 Å². The lowest BCUT2D eigenvalue weighted by atomic mass is 9.63. The van der Waals surface area contributed by atoms with Gasteiger partial charge in [0.1, 0.15) is 23.2 Å². The van der Waals surface area contributed by atoms with E-state index in [1.54, 1.807) is 0 Å². The molecule has 109 valence electrons. The summed E-state index contributed by atoms with van der Waals surface area (Å²) < 4.78 is 84.7. The molecule has 0 unspecified atom stereocenters. The summed E-state index contributed by atoms with van der Waals surface area (Å²) >= 11 is 0. The molecule has 0 bridgehead atoms. The first kappa shape index (κ1) is 15.3. The molecule has 0 saturated heterocycles. The lowest BCUT2D eigenvalue weighted by Gasteiger charge is -2.09. The van der Waals surface area contributed by atoms with Crippen LogP contribution < -0.4 is 15.7 Å². The second-order valence-electron chi connectivity index (χ2n) is 4.03. The molecular formula is C13H6BF6O. The lowest BCUT2D eigenvalue weighted by molar-refractivity contribution is 0.407. The summed E-state index contributed by atoms with van der Waals surface area (Å²) in [5.74, 6) is -9.52. The maximum Gasteiger partial charge on any atom is 0.207 e. The quantitative estimate of drug-likeness (QED) is 0.365. The van der Waals surface area contributed by atoms with Crippen molar-refractivity contribution in [1.29, 1.82) is 0 Å². The summed E-state index contributed by atoms with van der Waals surface area (Å²) in [6.07, 6.45) is 0. The fourth-order valence-electron chi connectivity index (χ4n) is 1.67. The predicted octanol–water partition coefficient (Wildman–Crippen LogP) is 2.18. The summed E-state index contributed by atoms with van der Waals surface area (Å²) in [4.78, 5) is 0. The van der Waals surface area contributed by atoms with E-state index < -0.39 is 45.8 Å². The normalized spacial score (nSPS) is 10.6. The van der Waals surface area contributed by atoms with Gasteiger partial charge in [-0.2, -0.15) is 0 Å². The maximum absolute atomic E-state index is 13.7. The number of hydrogen-bond donors (Lipinski definition) is 0. The highest BCUT2D eigenvalue weighted by Crippen LogP contribution is 2.14. The minimum Gasteiger partial charge on any atom is -0.497 e. The van der Waals surface area contributed by atoms with Crippen LogP contribution in [0.4, 0.5) is 26.3 Å². The van der Waals surface area contributed by atoms with Crippen LogP contribution in [0.15, 0.2) is 18.2 Å². The van der Waals surface area contributed by atoms with Gasteiger partial charge >= 0.3 is 0 Å². The minimum absolute atomic E-state index is 0.0869. The van der Waals surface area contributed by atoms with E-state index in [0.29, 0.717) is 7.28 Å². The third-order valence-electron chi connectivity index (χ3n) is 2.73.